The van der Waals surface area contributed by atoms with Gasteiger partial charge in [0.25, 0.3) is 0 Å². The molecule has 0 unspecified atom stereocenters. The first kappa shape index (κ1) is 17.5. The van der Waals surface area contributed by atoms with Crippen LogP contribution in [0.4, 0.5) is 4.79 Å². The van der Waals surface area contributed by atoms with Crippen LogP contribution in [0.25, 0.3) is 0 Å². The Hall–Kier alpha value is -2.30. The number of carbonyl (C=O) groups is 2. The van der Waals surface area contributed by atoms with Gasteiger partial charge in [-0.25, -0.2) is 4.79 Å². The van der Waals surface area contributed by atoms with E-state index < -0.39 is 0 Å². The number of amides is 3. The van der Waals surface area contributed by atoms with Gasteiger partial charge in [-0.1, -0.05) is 42.5 Å². The summed E-state index contributed by atoms with van der Waals surface area (Å²) in [6.45, 7) is 2.66. The lowest BCUT2D eigenvalue weighted by Crippen LogP contribution is -2.40. The second kappa shape index (κ2) is 8.19. The van der Waals surface area contributed by atoms with Crippen molar-refractivity contribution >= 4 is 11.9 Å². The van der Waals surface area contributed by atoms with Gasteiger partial charge in [0.2, 0.25) is 5.91 Å². The predicted octanol–water partition coefficient (Wildman–Crippen LogP) is 2.64. The summed E-state index contributed by atoms with van der Waals surface area (Å²) in [5.74, 6) is 1.26. The third kappa shape index (κ3) is 4.62. The number of hydrogen-bond donors (Lipinski definition) is 1. The number of hydrogen-bond acceptors (Lipinski definition) is 2. The second-order valence-electron chi connectivity index (χ2n) is 7.09. The maximum absolute atomic E-state index is 12.3. The number of benzene rings is 1. The molecular formula is C20H27N3O2. The van der Waals surface area contributed by atoms with E-state index in [1.807, 2.05) is 35.2 Å². The van der Waals surface area contributed by atoms with Crippen LogP contribution < -0.4 is 5.32 Å². The summed E-state index contributed by atoms with van der Waals surface area (Å²) in [5, 5.41) is 2.90. The zero-order chi connectivity index (χ0) is 17.6. The minimum Gasteiger partial charge on any atom is -0.341 e. The summed E-state index contributed by atoms with van der Waals surface area (Å²) in [6.07, 6.45) is 6.94. The topological polar surface area (TPSA) is 52.7 Å². The normalized spacial score (nSPS) is 21.7. The van der Waals surface area contributed by atoms with E-state index >= 15 is 0 Å². The summed E-state index contributed by atoms with van der Waals surface area (Å²) in [5.41, 5.74) is 1.11. The van der Waals surface area contributed by atoms with E-state index in [0.717, 1.165) is 31.5 Å². The average molecular weight is 341 g/mol. The highest BCUT2D eigenvalue weighted by Gasteiger charge is 2.34. The molecule has 1 heterocycles. The Morgan fingerprint density at radius 3 is 2.40 bits per heavy atom. The van der Waals surface area contributed by atoms with Gasteiger partial charge in [-0.15, -0.1) is 0 Å². The van der Waals surface area contributed by atoms with E-state index in [1.54, 1.807) is 11.9 Å². The molecule has 5 heteroatoms. The van der Waals surface area contributed by atoms with Gasteiger partial charge in [0.05, 0.1) is 0 Å². The third-order valence-electron chi connectivity index (χ3n) is 5.21. The molecule has 2 aliphatic rings. The number of nitrogens with zero attached hydrogens (tertiary/aromatic N) is 2. The highest BCUT2D eigenvalue weighted by Crippen LogP contribution is 2.32. The van der Waals surface area contributed by atoms with Crippen LogP contribution in [0.5, 0.6) is 0 Å². The number of carbonyl (C=O) groups excluding carboxylic acids is 2. The molecule has 0 bridgehead atoms. The van der Waals surface area contributed by atoms with Crippen LogP contribution in [-0.4, -0.2) is 48.4 Å². The Labute approximate surface area is 149 Å². The molecule has 0 aromatic heterocycles. The minimum atomic E-state index is -0.0343. The zero-order valence-corrected chi connectivity index (χ0v) is 14.9. The summed E-state index contributed by atoms with van der Waals surface area (Å²) in [7, 11) is 1.80. The molecule has 1 aliphatic carbocycles. The van der Waals surface area contributed by atoms with Crippen LogP contribution in [0.1, 0.15) is 24.8 Å². The van der Waals surface area contributed by atoms with Crippen LogP contribution in [0, 0.1) is 11.8 Å². The lowest BCUT2D eigenvalue weighted by atomic mass is 9.86. The van der Waals surface area contributed by atoms with E-state index in [9.17, 15) is 9.59 Å². The fraction of sp³-hybridized carbons (Fsp3) is 0.500. The lowest BCUT2D eigenvalue weighted by Gasteiger charge is -2.19. The molecule has 3 rings (SSSR count). The molecule has 25 heavy (non-hydrogen) atoms. The smallest absolute Gasteiger partial charge is 0.317 e. The first-order chi connectivity index (χ1) is 12.1. The van der Waals surface area contributed by atoms with Gasteiger partial charge in [0.1, 0.15) is 0 Å². The van der Waals surface area contributed by atoms with Crippen LogP contribution in [0.2, 0.25) is 0 Å². The second-order valence-corrected chi connectivity index (χ2v) is 7.09. The molecule has 0 radical (unpaired) electrons. The Kier molecular flexibility index (Phi) is 5.74. The van der Waals surface area contributed by atoms with Crippen molar-refractivity contribution in [1.82, 2.24) is 15.1 Å². The van der Waals surface area contributed by atoms with Crippen molar-refractivity contribution in [1.29, 1.82) is 0 Å². The van der Waals surface area contributed by atoms with Gasteiger partial charge in [-0.3, -0.25) is 4.79 Å². The van der Waals surface area contributed by atoms with E-state index in [-0.39, 0.29) is 11.9 Å². The quantitative estimate of drug-likeness (QED) is 0.837. The fourth-order valence-corrected chi connectivity index (χ4v) is 3.71. The molecule has 1 aromatic carbocycles. The lowest BCUT2D eigenvalue weighted by molar-refractivity contribution is -0.130. The monoisotopic (exact) mass is 341 g/mol. The number of urea groups is 1. The van der Waals surface area contributed by atoms with Crippen LogP contribution in [0.3, 0.4) is 0 Å². The fourth-order valence-electron chi connectivity index (χ4n) is 3.71. The molecule has 2 atom stereocenters. The Balaban J connectivity index is 1.37. The van der Waals surface area contributed by atoms with Gasteiger partial charge in [0.15, 0.2) is 0 Å². The molecule has 0 spiro atoms. The molecule has 1 fully saturated rings. The molecule has 1 N–H and O–H groups in total. The summed E-state index contributed by atoms with van der Waals surface area (Å²) < 4.78 is 0. The highest BCUT2D eigenvalue weighted by atomic mass is 16.2. The highest BCUT2D eigenvalue weighted by molar-refractivity contribution is 5.78. The Morgan fingerprint density at radius 1 is 1.12 bits per heavy atom. The standard InChI is InChI=1S/C20H27N3O2/c1-22(13-16-7-3-2-4-8-16)19(24)11-12-21-20(25)23-14-17-9-5-6-10-18(17)15-23/h2-8,17-18H,9-15H2,1H3,(H,21,25)/t17-,18-/m0/s1. The number of allylic oxidation sites excluding steroid dienone is 2. The predicted molar refractivity (Wildman–Crippen MR) is 97.9 cm³/mol. The molecule has 5 nitrogen and oxygen atoms in total. The molecule has 134 valence electrons. The minimum absolute atomic E-state index is 0.0343. The maximum Gasteiger partial charge on any atom is 0.317 e. The van der Waals surface area contributed by atoms with Crippen molar-refractivity contribution in [3.8, 4) is 0 Å². The van der Waals surface area contributed by atoms with Gasteiger partial charge >= 0.3 is 6.03 Å². The van der Waals surface area contributed by atoms with E-state index in [2.05, 4.69) is 17.5 Å². The van der Waals surface area contributed by atoms with E-state index in [0.29, 0.717) is 31.3 Å². The third-order valence-corrected chi connectivity index (χ3v) is 5.21. The first-order valence-electron chi connectivity index (χ1n) is 9.09. The van der Waals surface area contributed by atoms with Crippen LogP contribution in [-0.2, 0) is 11.3 Å². The number of nitrogens with one attached hydrogen (secondary N) is 1. The van der Waals surface area contributed by atoms with Crippen LogP contribution in [0.15, 0.2) is 42.5 Å². The number of likely N-dealkylation sites (tertiary alicyclic amines) is 1. The van der Waals surface area contributed by atoms with Gasteiger partial charge in [-0.2, -0.15) is 0 Å². The maximum atomic E-state index is 12.3. The average Bonchev–Trinajstić information content (AvgIpc) is 3.06. The molecular weight excluding hydrogens is 314 g/mol. The van der Waals surface area contributed by atoms with Crippen molar-refractivity contribution < 1.29 is 9.59 Å². The zero-order valence-electron chi connectivity index (χ0n) is 14.9. The summed E-state index contributed by atoms with van der Waals surface area (Å²) in [6, 6.07) is 9.88. The van der Waals surface area contributed by atoms with Gasteiger partial charge in [0, 0.05) is 39.6 Å². The summed E-state index contributed by atoms with van der Waals surface area (Å²) in [4.78, 5) is 28.1. The Morgan fingerprint density at radius 2 is 1.76 bits per heavy atom. The van der Waals surface area contributed by atoms with E-state index in [4.69, 9.17) is 0 Å². The molecule has 0 saturated carbocycles. The molecule has 1 aliphatic heterocycles. The Bertz CT molecular complexity index is 613. The molecule has 1 saturated heterocycles. The number of rotatable bonds is 5. The van der Waals surface area contributed by atoms with Crippen molar-refractivity contribution in [2.45, 2.75) is 25.8 Å². The van der Waals surface area contributed by atoms with E-state index in [1.165, 1.54) is 0 Å². The summed E-state index contributed by atoms with van der Waals surface area (Å²) >= 11 is 0. The largest absolute Gasteiger partial charge is 0.341 e. The van der Waals surface area contributed by atoms with Crippen molar-refractivity contribution in [3.63, 3.8) is 0 Å². The number of fused-ring (bicyclic) bond motifs is 1. The van der Waals surface area contributed by atoms with Crippen LogP contribution >= 0.6 is 0 Å². The van der Waals surface area contributed by atoms with Gasteiger partial charge in [-0.05, 0) is 30.2 Å². The van der Waals surface area contributed by atoms with Crippen molar-refractivity contribution in [3.05, 3.63) is 48.0 Å². The first-order valence-corrected chi connectivity index (χ1v) is 9.09. The SMILES string of the molecule is CN(Cc1ccccc1)C(=O)CCNC(=O)N1C[C@@H]2CC=CC[C@H]2C1. The van der Waals surface area contributed by atoms with Gasteiger partial charge < -0.3 is 15.1 Å². The van der Waals surface area contributed by atoms with Crippen molar-refractivity contribution in [2.24, 2.45) is 11.8 Å². The molecule has 1 aromatic rings. The molecule has 3 amide bonds. The van der Waals surface area contributed by atoms with Crippen molar-refractivity contribution in [2.75, 3.05) is 26.7 Å².